The first kappa shape index (κ1) is 14.0. The first-order valence-corrected chi connectivity index (χ1v) is 5.71. The molecule has 1 aromatic carbocycles. The zero-order valence-electron chi connectivity index (χ0n) is 9.94. The summed E-state index contributed by atoms with van der Waals surface area (Å²) in [4.78, 5) is 10.5. The Morgan fingerprint density at radius 3 is 2.53 bits per heavy atom. The first-order valence-electron chi connectivity index (χ1n) is 5.71. The molecule has 1 fully saturated rings. The van der Waals surface area contributed by atoms with Crippen LogP contribution in [0.5, 0.6) is 5.75 Å². The number of piperidine rings is 1. The molecule has 0 amide bonds. The van der Waals surface area contributed by atoms with Crippen molar-refractivity contribution in [3.63, 3.8) is 0 Å². The molecule has 1 aromatic rings. The summed E-state index contributed by atoms with van der Waals surface area (Å²) in [6.45, 7) is 3.07. The van der Waals surface area contributed by atoms with Gasteiger partial charge in [0.1, 0.15) is 12.0 Å². The molecule has 1 atom stereocenters. The molecule has 1 saturated heterocycles. The minimum Gasteiger partial charge on any atom is -0.473 e. The fraction of sp³-hybridized carbons (Fsp3) is 0.462. The van der Waals surface area contributed by atoms with Gasteiger partial charge < -0.3 is 4.74 Å². The van der Waals surface area contributed by atoms with E-state index >= 15 is 0 Å². The van der Waals surface area contributed by atoms with Gasteiger partial charge in [-0.1, -0.05) is 0 Å². The average Bonchev–Trinajstić information content (AvgIpc) is 2.30. The van der Waals surface area contributed by atoms with Crippen molar-refractivity contribution in [2.45, 2.75) is 31.9 Å². The van der Waals surface area contributed by atoms with Gasteiger partial charge in [-0.05, 0) is 50.6 Å². The van der Waals surface area contributed by atoms with Gasteiger partial charge in [0.25, 0.3) is 0 Å². The second kappa shape index (κ2) is 6.03. The molecule has 0 unspecified atom stereocenters. The van der Waals surface area contributed by atoms with E-state index < -0.39 is 0 Å². The summed E-state index contributed by atoms with van der Waals surface area (Å²) < 4.78 is 5.92. The SMILES string of the molecule is C[C@]1(Oc2ccc(C=O)cc2)CCCCN1.Cl. The van der Waals surface area contributed by atoms with E-state index in [1.165, 1.54) is 12.8 Å². The molecule has 3 nitrogen and oxygen atoms in total. The van der Waals surface area contributed by atoms with Crippen molar-refractivity contribution in [1.29, 1.82) is 0 Å². The highest BCUT2D eigenvalue weighted by Gasteiger charge is 2.27. The fourth-order valence-corrected chi connectivity index (χ4v) is 1.99. The van der Waals surface area contributed by atoms with Crippen molar-refractivity contribution >= 4 is 18.7 Å². The lowest BCUT2D eigenvalue weighted by Gasteiger charge is -2.35. The summed E-state index contributed by atoms with van der Waals surface area (Å²) in [6, 6.07) is 7.22. The number of carbonyl (C=O) groups is 1. The van der Waals surface area contributed by atoms with Crippen LogP contribution in [-0.4, -0.2) is 18.6 Å². The Hall–Kier alpha value is -1.06. The van der Waals surface area contributed by atoms with Crippen LogP contribution < -0.4 is 10.1 Å². The number of ether oxygens (including phenoxy) is 1. The van der Waals surface area contributed by atoms with E-state index in [1.54, 1.807) is 12.1 Å². The Morgan fingerprint density at radius 2 is 2.00 bits per heavy atom. The number of benzene rings is 1. The highest BCUT2D eigenvalue weighted by Crippen LogP contribution is 2.23. The molecule has 0 radical (unpaired) electrons. The number of nitrogens with one attached hydrogen (secondary N) is 1. The summed E-state index contributed by atoms with van der Waals surface area (Å²) >= 11 is 0. The second-order valence-corrected chi connectivity index (χ2v) is 4.40. The normalized spacial score (nSPS) is 23.6. The van der Waals surface area contributed by atoms with E-state index in [0.29, 0.717) is 5.56 Å². The lowest BCUT2D eigenvalue weighted by molar-refractivity contribution is 0.0255. The van der Waals surface area contributed by atoms with Crippen molar-refractivity contribution in [3.8, 4) is 5.75 Å². The van der Waals surface area contributed by atoms with Crippen LogP contribution in [0.25, 0.3) is 0 Å². The van der Waals surface area contributed by atoms with Gasteiger partial charge in [-0.25, -0.2) is 0 Å². The van der Waals surface area contributed by atoms with Gasteiger partial charge in [0.05, 0.1) is 0 Å². The number of carbonyl (C=O) groups excluding carboxylic acids is 1. The molecule has 0 aromatic heterocycles. The Labute approximate surface area is 108 Å². The number of aldehydes is 1. The van der Waals surface area contributed by atoms with Crippen LogP contribution >= 0.6 is 12.4 Å². The molecular formula is C13H18ClNO2. The molecule has 0 aliphatic carbocycles. The standard InChI is InChI=1S/C13H17NO2.ClH/c1-13(8-2-3-9-14-13)16-12-6-4-11(10-15)5-7-12;/h4-7,10,14H,2-3,8-9H2,1H3;1H/t13-;/m0./s1. The average molecular weight is 256 g/mol. The maximum absolute atomic E-state index is 10.5. The lowest BCUT2D eigenvalue weighted by Crippen LogP contribution is -2.50. The quantitative estimate of drug-likeness (QED) is 0.844. The number of halogens is 1. The molecule has 4 heteroatoms. The zero-order valence-corrected chi connectivity index (χ0v) is 10.8. The minimum absolute atomic E-state index is 0. The van der Waals surface area contributed by atoms with Crippen LogP contribution in [0.15, 0.2) is 24.3 Å². The van der Waals surface area contributed by atoms with Crippen LogP contribution in [0.2, 0.25) is 0 Å². The fourth-order valence-electron chi connectivity index (χ4n) is 1.99. The Bertz CT molecular complexity index is 358. The van der Waals surface area contributed by atoms with E-state index in [-0.39, 0.29) is 18.1 Å². The molecule has 2 rings (SSSR count). The monoisotopic (exact) mass is 255 g/mol. The van der Waals surface area contributed by atoms with Crippen LogP contribution in [0, 0.1) is 0 Å². The van der Waals surface area contributed by atoms with Crippen molar-refractivity contribution in [2.75, 3.05) is 6.54 Å². The maximum atomic E-state index is 10.5. The molecule has 94 valence electrons. The predicted molar refractivity (Wildman–Crippen MR) is 70.0 cm³/mol. The molecule has 0 saturated carbocycles. The van der Waals surface area contributed by atoms with Crippen molar-refractivity contribution in [1.82, 2.24) is 5.32 Å². The summed E-state index contributed by atoms with van der Waals surface area (Å²) in [5.41, 5.74) is 0.412. The summed E-state index contributed by atoms with van der Waals surface area (Å²) in [5.74, 6) is 0.808. The van der Waals surface area contributed by atoms with Crippen molar-refractivity contribution < 1.29 is 9.53 Å². The predicted octanol–water partition coefficient (Wildman–Crippen LogP) is 2.79. The third-order valence-corrected chi connectivity index (χ3v) is 2.94. The van der Waals surface area contributed by atoms with Crippen molar-refractivity contribution in [3.05, 3.63) is 29.8 Å². The third kappa shape index (κ3) is 3.72. The first-order chi connectivity index (χ1) is 7.72. The molecule has 1 aliphatic rings. The van der Waals surface area contributed by atoms with E-state index in [0.717, 1.165) is 25.0 Å². The van der Waals surface area contributed by atoms with Crippen LogP contribution in [0.4, 0.5) is 0 Å². The number of hydrogen-bond acceptors (Lipinski definition) is 3. The molecular weight excluding hydrogens is 238 g/mol. The summed E-state index contributed by atoms with van der Waals surface area (Å²) in [6.07, 6.45) is 4.26. The maximum Gasteiger partial charge on any atom is 0.158 e. The summed E-state index contributed by atoms with van der Waals surface area (Å²) in [7, 11) is 0. The Balaban J connectivity index is 0.00000144. The molecule has 17 heavy (non-hydrogen) atoms. The van der Waals surface area contributed by atoms with Crippen LogP contribution in [-0.2, 0) is 0 Å². The van der Waals surface area contributed by atoms with Gasteiger partial charge in [-0.15, -0.1) is 12.4 Å². The highest BCUT2D eigenvalue weighted by atomic mass is 35.5. The third-order valence-electron chi connectivity index (χ3n) is 2.94. The van der Waals surface area contributed by atoms with E-state index in [9.17, 15) is 4.79 Å². The topological polar surface area (TPSA) is 38.3 Å². The van der Waals surface area contributed by atoms with E-state index in [2.05, 4.69) is 12.2 Å². The molecule has 1 N–H and O–H groups in total. The van der Waals surface area contributed by atoms with E-state index in [1.807, 2.05) is 12.1 Å². The number of hydrogen-bond donors (Lipinski definition) is 1. The summed E-state index contributed by atoms with van der Waals surface area (Å²) in [5, 5.41) is 3.38. The van der Waals surface area contributed by atoms with E-state index in [4.69, 9.17) is 4.74 Å². The largest absolute Gasteiger partial charge is 0.473 e. The zero-order chi connectivity index (χ0) is 11.4. The molecule has 1 aliphatic heterocycles. The molecule has 0 spiro atoms. The Kier molecular flexibility index (Phi) is 4.97. The number of rotatable bonds is 3. The Morgan fingerprint density at radius 1 is 1.29 bits per heavy atom. The molecule has 0 bridgehead atoms. The van der Waals surface area contributed by atoms with Gasteiger partial charge in [0, 0.05) is 12.0 Å². The molecule has 1 heterocycles. The van der Waals surface area contributed by atoms with Gasteiger partial charge in [-0.3, -0.25) is 10.1 Å². The lowest BCUT2D eigenvalue weighted by atomic mass is 10.0. The smallest absolute Gasteiger partial charge is 0.158 e. The van der Waals surface area contributed by atoms with Gasteiger partial charge in [0.15, 0.2) is 5.72 Å². The van der Waals surface area contributed by atoms with Crippen LogP contribution in [0.1, 0.15) is 36.5 Å². The second-order valence-electron chi connectivity index (χ2n) is 4.40. The highest BCUT2D eigenvalue weighted by molar-refractivity contribution is 5.85. The van der Waals surface area contributed by atoms with Gasteiger partial charge >= 0.3 is 0 Å². The minimum atomic E-state index is -0.263. The van der Waals surface area contributed by atoms with Gasteiger partial charge in [0.2, 0.25) is 0 Å². The van der Waals surface area contributed by atoms with Gasteiger partial charge in [-0.2, -0.15) is 0 Å². The van der Waals surface area contributed by atoms with Crippen molar-refractivity contribution in [2.24, 2.45) is 0 Å². The van der Waals surface area contributed by atoms with Crippen LogP contribution in [0.3, 0.4) is 0 Å².